The van der Waals surface area contributed by atoms with E-state index in [2.05, 4.69) is 58.5 Å². The van der Waals surface area contributed by atoms with Crippen LogP contribution in [-0.2, 0) is 17.6 Å². The van der Waals surface area contributed by atoms with Gasteiger partial charge in [0.15, 0.2) is 0 Å². The van der Waals surface area contributed by atoms with E-state index in [1.54, 1.807) is 4.90 Å². The molecule has 9 nitrogen and oxygen atoms in total. The molecule has 1 aliphatic heterocycles. The number of rotatable bonds is 6. The molecule has 0 saturated carbocycles. The SMILES string of the molecule is COC(=O)N1CCN(c2noc(Cc3ccc4[nH]cc(CCN(C)C)c4c3)n2)CC1. The Balaban J connectivity index is 1.42. The number of nitrogens with zero attached hydrogens (tertiary/aromatic N) is 5. The van der Waals surface area contributed by atoms with E-state index in [-0.39, 0.29) is 6.09 Å². The maximum Gasteiger partial charge on any atom is 0.409 e. The number of carbonyl (C=O) groups is 1. The molecule has 4 rings (SSSR count). The van der Waals surface area contributed by atoms with E-state index >= 15 is 0 Å². The third-order valence-electron chi connectivity index (χ3n) is 5.47. The number of methoxy groups -OCH3 is 1. The van der Waals surface area contributed by atoms with Gasteiger partial charge < -0.3 is 28.9 Å². The van der Waals surface area contributed by atoms with Crippen molar-refractivity contribution in [2.45, 2.75) is 12.8 Å². The highest BCUT2D eigenvalue weighted by molar-refractivity contribution is 5.84. The second-order valence-electron chi connectivity index (χ2n) is 7.86. The normalized spacial score (nSPS) is 14.7. The lowest BCUT2D eigenvalue weighted by Crippen LogP contribution is -2.49. The smallest absolute Gasteiger partial charge is 0.409 e. The summed E-state index contributed by atoms with van der Waals surface area (Å²) in [4.78, 5) is 25.4. The van der Waals surface area contributed by atoms with E-state index in [1.165, 1.54) is 18.1 Å². The van der Waals surface area contributed by atoms with Gasteiger partial charge in [-0.2, -0.15) is 4.98 Å². The topological polar surface area (TPSA) is 90.7 Å². The zero-order valence-electron chi connectivity index (χ0n) is 17.7. The molecule has 0 aliphatic carbocycles. The number of hydrogen-bond donors (Lipinski definition) is 1. The van der Waals surface area contributed by atoms with Gasteiger partial charge in [0.2, 0.25) is 5.89 Å². The van der Waals surface area contributed by atoms with E-state index in [0.29, 0.717) is 44.4 Å². The number of carbonyl (C=O) groups excluding carboxylic acids is 1. The lowest BCUT2D eigenvalue weighted by atomic mass is 10.1. The summed E-state index contributed by atoms with van der Waals surface area (Å²) in [5, 5.41) is 5.38. The second-order valence-corrected chi connectivity index (χ2v) is 7.86. The lowest BCUT2D eigenvalue weighted by molar-refractivity contribution is 0.121. The van der Waals surface area contributed by atoms with E-state index in [4.69, 9.17) is 9.26 Å². The van der Waals surface area contributed by atoms with Gasteiger partial charge in [-0.15, -0.1) is 0 Å². The Bertz CT molecular complexity index is 1000. The van der Waals surface area contributed by atoms with Crippen molar-refractivity contribution in [1.82, 2.24) is 24.9 Å². The first-order valence-corrected chi connectivity index (χ1v) is 10.2. The van der Waals surface area contributed by atoms with Gasteiger partial charge in [-0.25, -0.2) is 4.79 Å². The number of amides is 1. The Morgan fingerprint density at radius 1 is 1.27 bits per heavy atom. The Morgan fingerprint density at radius 3 is 2.80 bits per heavy atom. The van der Waals surface area contributed by atoms with E-state index in [0.717, 1.165) is 24.0 Å². The molecule has 9 heteroatoms. The van der Waals surface area contributed by atoms with Gasteiger partial charge >= 0.3 is 6.09 Å². The first-order valence-electron chi connectivity index (χ1n) is 10.2. The molecule has 0 radical (unpaired) electrons. The van der Waals surface area contributed by atoms with Crippen LogP contribution in [0.15, 0.2) is 28.9 Å². The fourth-order valence-corrected chi connectivity index (χ4v) is 3.73. The molecule has 0 bridgehead atoms. The quantitative estimate of drug-likeness (QED) is 0.663. The van der Waals surface area contributed by atoms with Crippen LogP contribution in [0.3, 0.4) is 0 Å². The summed E-state index contributed by atoms with van der Waals surface area (Å²) in [6, 6.07) is 6.40. The van der Waals surface area contributed by atoms with Crippen molar-refractivity contribution in [2.24, 2.45) is 0 Å². The van der Waals surface area contributed by atoms with Crippen LogP contribution in [0.5, 0.6) is 0 Å². The molecule has 160 valence electrons. The van der Waals surface area contributed by atoms with Crippen LogP contribution >= 0.6 is 0 Å². The fourth-order valence-electron chi connectivity index (χ4n) is 3.73. The molecular formula is C21H28N6O3. The third-order valence-corrected chi connectivity index (χ3v) is 5.47. The summed E-state index contributed by atoms with van der Waals surface area (Å²) < 4.78 is 10.3. The molecule has 0 spiro atoms. The largest absolute Gasteiger partial charge is 0.453 e. The number of aromatic amines is 1. The highest BCUT2D eigenvalue weighted by Gasteiger charge is 2.24. The standard InChI is InChI=1S/C21H28N6O3/c1-25(2)7-6-16-14-22-18-5-4-15(12-17(16)18)13-19-23-20(24-30-19)26-8-10-27(11-9-26)21(28)29-3/h4-5,12,14,22H,6-11,13H2,1-3H3. The number of nitrogens with one attached hydrogen (secondary N) is 1. The first kappa shape index (κ1) is 20.2. The molecule has 1 saturated heterocycles. The maximum absolute atomic E-state index is 11.6. The average Bonchev–Trinajstić information content (AvgIpc) is 3.38. The number of piperazine rings is 1. The molecular weight excluding hydrogens is 384 g/mol. The average molecular weight is 412 g/mol. The van der Waals surface area contributed by atoms with Crippen LogP contribution in [0.4, 0.5) is 10.7 Å². The Morgan fingerprint density at radius 2 is 2.07 bits per heavy atom. The van der Waals surface area contributed by atoms with Crippen molar-refractivity contribution in [1.29, 1.82) is 0 Å². The number of benzene rings is 1. The zero-order valence-corrected chi connectivity index (χ0v) is 17.7. The molecule has 1 aromatic carbocycles. The number of hydrogen-bond acceptors (Lipinski definition) is 7. The van der Waals surface area contributed by atoms with Crippen molar-refractivity contribution < 1.29 is 14.1 Å². The number of ether oxygens (including phenoxy) is 1. The van der Waals surface area contributed by atoms with Crippen molar-refractivity contribution in [2.75, 3.05) is 58.8 Å². The summed E-state index contributed by atoms with van der Waals surface area (Å²) in [5.74, 6) is 1.16. The van der Waals surface area contributed by atoms with Crippen LogP contribution in [-0.4, -0.2) is 84.9 Å². The van der Waals surface area contributed by atoms with Gasteiger partial charge in [0, 0.05) is 49.8 Å². The van der Waals surface area contributed by atoms with Crippen molar-refractivity contribution in [3.8, 4) is 0 Å². The predicted octanol–water partition coefficient (Wildman–Crippen LogP) is 2.13. The number of anilines is 1. The van der Waals surface area contributed by atoms with Crippen molar-refractivity contribution >= 4 is 22.9 Å². The van der Waals surface area contributed by atoms with Gasteiger partial charge in [-0.1, -0.05) is 6.07 Å². The maximum atomic E-state index is 11.6. The first-order chi connectivity index (χ1) is 14.5. The van der Waals surface area contributed by atoms with Crippen LogP contribution in [0.2, 0.25) is 0 Å². The Labute approximate surface area is 175 Å². The Hall–Kier alpha value is -3.07. The van der Waals surface area contributed by atoms with Gasteiger partial charge in [0.25, 0.3) is 5.95 Å². The van der Waals surface area contributed by atoms with Crippen LogP contribution in [0.25, 0.3) is 10.9 Å². The van der Waals surface area contributed by atoms with E-state index in [1.807, 2.05) is 4.90 Å². The number of aromatic nitrogens is 3. The van der Waals surface area contributed by atoms with Crippen molar-refractivity contribution in [3.05, 3.63) is 41.4 Å². The third kappa shape index (κ3) is 4.40. The predicted molar refractivity (Wildman–Crippen MR) is 114 cm³/mol. The summed E-state index contributed by atoms with van der Waals surface area (Å²) in [6.07, 6.45) is 3.38. The molecule has 3 aromatic rings. The Kier molecular flexibility index (Phi) is 5.89. The molecule has 1 fully saturated rings. The number of fused-ring (bicyclic) bond motifs is 1. The number of likely N-dealkylation sites (N-methyl/N-ethyl adjacent to an activating group) is 1. The highest BCUT2D eigenvalue weighted by Crippen LogP contribution is 2.22. The highest BCUT2D eigenvalue weighted by atomic mass is 16.5. The molecule has 1 amide bonds. The minimum Gasteiger partial charge on any atom is -0.453 e. The lowest BCUT2D eigenvalue weighted by Gasteiger charge is -2.32. The summed E-state index contributed by atoms with van der Waals surface area (Å²) in [5.41, 5.74) is 3.59. The molecule has 2 aromatic heterocycles. The van der Waals surface area contributed by atoms with Crippen LogP contribution in [0, 0.1) is 0 Å². The minimum absolute atomic E-state index is 0.298. The fraction of sp³-hybridized carbons (Fsp3) is 0.476. The monoisotopic (exact) mass is 412 g/mol. The molecule has 30 heavy (non-hydrogen) atoms. The van der Waals surface area contributed by atoms with Gasteiger partial charge in [-0.05, 0) is 48.9 Å². The van der Waals surface area contributed by atoms with E-state index in [9.17, 15) is 4.79 Å². The molecule has 3 heterocycles. The van der Waals surface area contributed by atoms with Gasteiger partial charge in [-0.3, -0.25) is 0 Å². The van der Waals surface area contributed by atoms with Gasteiger partial charge in [0.1, 0.15) is 0 Å². The summed E-state index contributed by atoms with van der Waals surface area (Å²) in [7, 11) is 5.57. The van der Waals surface area contributed by atoms with Gasteiger partial charge in [0.05, 0.1) is 13.5 Å². The second kappa shape index (κ2) is 8.74. The molecule has 1 N–H and O–H groups in total. The summed E-state index contributed by atoms with van der Waals surface area (Å²) >= 11 is 0. The van der Waals surface area contributed by atoms with E-state index < -0.39 is 0 Å². The van der Waals surface area contributed by atoms with Crippen LogP contribution < -0.4 is 4.90 Å². The zero-order chi connectivity index (χ0) is 21.1. The summed E-state index contributed by atoms with van der Waals surface area (Å²) in [6.45, 7) is 3.47. The molecule has 1 aliphatic rings. The van der Waals surface area contributed by atoms with Crippen molar-refractivity contribution in [3.63, 3.8) is 0 Å². The molecule has 0 atom stereocenters. The molecule has 0 unspecified atom stereocenters. The number of H-pyrrole nitrogens is 1. The minimum atomic E-state index is -0.298. The van der Waals surface area contributed by atoms with Crippen LogP contribution in [0.1, 0.15) is 17.0 Å².